The molecular weight excluding hydrogens is 202 g/mol. The van der Waals surface area contributed by atoms with Crippen LogP contribution in [0.4, 0.5) is 0 Å². The third-order valence-electron chi connectivity index (χ3n) is 1.93. The van der Waals surface area contributed by atoms with Gasteiger partial charge in [-0.05, 0) is 23.7 Å². The number of phenolic OH excluding ortho intramolecular Hbond substituents is 1. The summed E-state index contributed by atoms with van der Waals surface area (Å²) in [6.45, 7) is 0. The van der Waals surface area contributed by atoms with E-state index >= 15 is 0 Å². The number of pyridine rings is 1. The lowest BCUT2D eigenvalue weighted by molar-refractivity contribution is 0.107. The predicted octanol–water partition coefficient (Wildman–Crippen LogP) is 2.32. The van der Waals surface area contributed by atoms with Crippen LogP contribution < -0.4 is 0 Å². The van der Waals surface area contributed by atoms with Gasteiger partial charge in [0.1, 0.15) is 5.75 Å². The molecule has 0 radical (unpaired) electrons. The van der Waals surface area contributed by atoms with Gasteiger partial charge in [0.25, 0.3) is 5.24 Å². The molecule has 0 saturated carbocycles. The van der Waals surface area contributed by atoms with Gasteiger partial charge in [0, 0.05) is 17.6 Å². The summed E-state index contributed by atoms with van der Waals surface area (Å²) < 4.78 is 0. The molecule has 1 heterocycles. The van der Waals surface area contributed by atoms with Crippen molar-refractivity contribution in [1.82, 2.24) is 4.98 Å². The van der Waals surface area contributed by atoms with E-state index in [-0.39, 0.29) is 11.3 Å². The van der Waals surface area contributed by atoms with E-state index in [1.807, 2.05) is 0 Å². The first-order valence-electron chi connectivity index (χ1n) is 3.96. The Morgan fingerprint density at radius 3 is 2.93 bits per heavy atom. The lowest BCUT2D eigenvalue weighted by Crippen LogP contribution is -1.90. The molecule has 4 heteroatoms. The Kier molecular flexibility index (Phi) is 2.09. The Balaban J connectivity index is 2.77. The highest BCUT2D eigenvalue weighted by Crippen LogP contribution is 2.24. The van der Waals surface area contributed by atoms with Crippen LogP contribution in [-0.2, 0) is 0 Å². The molecule has 0 fully saturated rings. The maximum atomic E-state index is 10.9. The van der Waals surface area contributed by atoms with E-state index in [0.29, 0.717) is 5.52 Å². The van der Waals surface area contributed by atoms with Crippen molar-refractivity contribution >= 4 is 27.7 Å². The highest BCUT2D eigenvalue weighted by molar-refractivity contribution is 6.68. The average Bonchev–Trinajstić information content (AvgIpc) is 2.16. The van der Waals surface area contributed by atoms with E-state index < -0.39 is 5.24 Å². The summed E-state index contributed by atoms with van der Waals surface area (Å²) in [5, 5.41) is 9.53. The highest BCUT2D eigenvalue weighted by Gasteiger charge is 2.09. The fourth-order valence-corrected chi connectivity index (χ4v) is 1.42. The fraction of sp³-hybridized carbons (Fsp3) is 0. The monoisotopic (exact) mass is 207 g/mol. The zero-order chi connectivity index (χ0) is 10.1. The number of carbonyl (C=O) groups excluding carboxylic acids is 1. The zero-order valence-electron chi connectivity index (χ0n) is 7.07. The number of halogens is 1. The van der Waals surface area contributed by atoms with Crippen LogP contribution in [0.3, 0.4) is 0 Å². The predicted molar refractivity (Wildman–Crippen MR) is 53.6 cm³/mol. The zero-order valence-corrected chi connectivity index (χ0v) is 7.82. The Hall–Kier alpha value is -1.61. The van der Waals surface area contributed by atoms with Crippen molar-refractivity contribution < 1.29 is 9.90 Å². The summed E-state index contributed by atoms with van der Waals surface area (Å²) in [4.78, 5) is 14.9. The lowest BCUT2D eigenvalue weighted by Gasteiger charge is -2.01. The number of nitrogens with zero attached hydrogens (tertiary/aromatic N) is 1. The van der Waals surface area contributed by atoms with Gasteiger partial charge in [-0.2, -0.15) is 0 Å². The number of rotatable bonds is 1. The molecule has 0 aliphatic rings. The number of fused-ring (bicyclic) bond motifs is 1. The molecule has 2 aromatic rings. The Bertz CT molecular complexity index is 510. The normalized spacial score (nSPS) is 10.4. The van der Waals surface area contributed by atoms with Crippen LogP contribution in [0.1, 0.15) is 10.4 Å². The van der Waals surface area contributed by atoms with Crippen molar-refractivity contribution in [3.8, 4) is 5.75 Å². The first-order valence-corrected chi connectivity index (χ1v) is 4.34. The Morgan fingerprint density at radius 2 is 2.21 bits per heavy atom. The van der Waals surface area contributed by atoms with Gasteiger partial charge in [0.05, 0.1) is 11.1 Å². The van der Waals surface area contributed by atoms with E-state index in [1.165, 1.54) is 12.1 Å². The second-order valence-corrected chi connectivity index (χ2v) is 3.18. The van der Waals surface area contributed by atoms with Gasteiger partial charge in [0.15, 0.2) is 0 Å². The van der Waals surface area contributed by atoms with Crippen molar-refractivity contribution in [1.29, 1.82) is 0 Å². The maximum absolute atomic E-state index is 10.9. The van der Waals surface area contributed by atoms with Gasteiger partial charge >= 0.3 is 0 Å². The maximum Gasteiger partial charge on any atom is 0.256 e. The lowest BCUT2D eigenvalue weighted by atomic mass is 10.1. The molecule has 0 amide bonds. The van der Waals surface area contributed by atoms with Gasteiger partial charge < -0.3 is 5.11 Å². The number of aromatic nitrogens is 1. The van der Waals surface area contributed by atoms with Crippen LogP contribution in [0.5, 0.6) is 5.75 Å². The second-order valence-electron chi connectivity index (χ2n) is 2.84. The van der Waals surface area contributed by atoms with Crippen LogP contribution in [0, 0.1) is 0 Å². The molecule has 2 rings (SSSR count). The third kappa shape index (κ3) is 1.42. The first kappa shape index (κ1) is 8.97. The SMILES string of the molecule is O=C(Cl)c1cc2cccnc2cc1O. The molecule has 3 nitrogen and oxygen atoms in total. The molecule has 0 spiro atoms. The minimum Gasteiger partial charge on any atom is -0.507 e. The number of carbonyl (C=O) groups is 1. The van der Waals surface area contributed by atoms with E-state index in [2.05, 4.69) is 4.98 Å². The van der Waals surface area contributed by atoms with Crippen LogP contribution in [0.2, 0.25) is 0 Å². The van der Waals surface area contributed by atoms with Crippen LogP contribution in [0.15, 0.2) is 30.5 Å². The molecule has 0 atom stereocenters. The molecule has 0 aliphatic heterocycles. The van der Waals surface area contributed by atoms with Gasteiger partial charge in [-0.1, -0.05) is 6.07 Å². The fourth-order valence-electron chi connectivity index (χ4n) is 1.27. The van der Waals surface area contributed by atoms with Crippen molar-refractivity contribution in [3.05, 3.63) is 36.0 Å². The summed E-state index contributed by atoms with van der Waals surface area (Å²) in [6, 6.07) is 6.49. The molecule has 0 bridgehead atoms. The van der Waals surface area contributed by atoms with E-state index in [4.69, 9.17) is 11.6 Å². The second kappa shape index (κ2) is 3.27. The van der Waals surface area contributed by atoms with E-state index in [1.54, 1.807) is 18.3 Å². The number of phenols is 1. The first-order chi connectivity index (χ1) is 6.68. The minimum atomic E-state index is -0.673. The van der Waals surface area contributed by atoms with E-state index in [9.17, 15) is 9.90 Å². The summed E-state index contributed by atoms with van der Waals surface area (Å²) in [6.07, 6.45) is 1.62. The molecule has 0 aliphatic carbocycles. The number of benzene rings is 1. The standard InChI is InChI=1S/C10H6ClNO2/c11-10(14)7-4-6-2-1-3-12-8(6)5-9(7)13/h1-5,13H. The van der Waals surface area contributed by atoms with Gasteiger partial charge in [-0.25, -0.2) is 0 Å². The molecule has 70 valence electrons. The van der Waals surface area contributed by atoms with Crippen molar-refractivity contribution in [2.24, 2.45) is 0 Å². The molecule has 0 saturated heterocycles. The summed E-state index contributed by atoms with van der Waals surface area (Å²) in [5.41, 5.74) is 0.735. The smallest absolute Gasteiger partial charge is 0.256 e. The minimum absolute atomic E-state index is 0.104. The van der Waals surface area contributed by atoms with E-state index in [0.717, 1.165) is 5.39 Å². The molecule has 1 aromatic carbocycles. The number of hydrogen-bond acceptors (Lipinski definition) is 3. The van der Waals surface area contributed by atoms with Gasteiger partial charge in [0.2, 0.25) is 0 Å². The number of hydrogen-bond donors (Lipinski definition) is 1. The van der Waals surface area contributed by atoms with Crippen molar-refractivity contribution in [3.63, 3.8) is 0 Å². The van der Waals surface area contributed by atoms with Gasteiger partial charge in [-0.3, -0.25) is 9.78 Å². The molecule has 1 N–H and O–H groups in total. The summed E-state index contributed by atoms with van der Waals surface area (Å²) in [7, 11) is 0. The topological polar surface area (TPSA) is 50.2 Å². The highest BCUT2D eigenvalue weighted by atomic mass is 35.5. The summed E-state index contributed by atoms with van der Waals surface area (Å²) >= 11 is 5.29. The van der Waals surface area contributed by atoms with Crippen LogP contribution >= 0.6 is 11.6 Å². The average molecular weight is 208 g/mol. The molecule has 1 aromatic heterocycles. The molecular formula is C10H6ClNO2. The van der Waals surface area contributed by atoms with Crippen LogP contribution in [0.25, 0.3) is 10.9 Å². The van der Waals surface area contributed by atoms with Crippen molar-refractivity contribution in [2.45, 2.75) is 0 Å². The molecule has 14 heavy (non-hydrogen) atoms. The van der Waals surface area contributed by atoms with Crippen molar-refractivity contribution in [2.75, 3.05) is 0 Å². The quantitative estimate of drug-likeness (QED) is 0.731. The Labute approximate surface area is 85.0 Å². The largest absolute Gasteiger partial charge is 0.507 e. The Morgan fingerprint density at radius 1 is 1.43 bits per heavy atom. The molecule has 0 unspecified atom stereocenters. The third-order valence-corrected chi connectivity index (χ3v) is 2.14. The van der Waals surface area contributed by atoms with Crippen LogP contribution in [-0.4, -0.2) is 15.3 Å². The van der Waals surface area contributed by atoms with Gasteiger partial charge in [-0.15, -0.1) is 0 Å². The summed E-state index contributed by atoms with van der Waals surface area (Å²) in [5.74, 6) is -0.142. The number of aromatic hydroxyl groups is 1.